The van der Waals surface area contributed by atoms with E-state index in [4.69, 9.17) is 5.73 Å². The zero-order valence-electron chi connectivity index (χ0n) is 8.22. The minimum Gasteiger partial charge on any atom is -0.491 e. The van der Waals surface area contributed by atoms with Gasteiger partial charge in [0.05, 0.1) is 7.11 Å². The third-order valence-electron chi connectivity index (χ3n) is 1.71. The van der Waals surface area contributed by atoms with Crippen molar-refractivity contribution in [2.75, 3.05) is 7.11 Å². The highest BCUT2D eigenvalue weighted by Gasteiger charge is 2.33. The quantitative estimate of drug-likeness (QED) is 0.814. The third-order valence-corrected chi connectivity index (χ3v) is 1.71. The Balaban J connectivity index is 3.19. The maximum atomic E-state index is 11.9. The van der Waals surface area contributed by atoms with E-state index in [0.717, 1.165) is 13.2 Å². The molecular formula is C8H9F3N2O3. The number of methoxy groups -OCH3 is 1. The first-order valence-electron chi connectivity index (χ1n) is 4.13. The van der Waals surface area contributed by atoms with Crippen LogP contribution in [0, 0.1) is 0 Å². The average Bonchev–Trinajstić information content (AvgIpc) is 2.16. The Kier molecular flexibility index (Phi) is 3.43. The molecule has 3 N–H and O–H groups in total. The summed E-state index contributed by atoms with van der Waals surface area (Å²) in [7, 11) is 1.15. The number of halogens is 3. The van der Waals surface area contributed by atoms with E-state index in [9.17, 15) is 18.0 Å². The van der Waals surface area contributed by atoms with Crippen molar-refractivity contribution in [1.82, 2.24) is 4.98 Å². The van der Waals surface area contributed by atoms with Gasteiger partial charge in [0.2, 0.25) is 5.88 Å². The highest BCUT2D eigenvalue weighted by Crippen LogP contribution is 2.28. The van der Waals surface area contributed by atoms with E-state index in [1.54, 1.807) is 0 Å². The summed E-state index contributed by atoms with van der Waals surface area (Å²) in [5.41, 5.74) is 4.57. The van der Waals surface area contributed by atoms with Crippen LogP contribution in [-0.4, -0.2) is 18.5 Å². The van der Waals surface area contributed by atoms with Gasteiger partial charge in [-0.1, -0.05) is 0 Å². The Morgan fingerprint density at radius 1 is 1.50 bits per heavy atom. The van der Waals surface area contributed by atoms with E-state index in [1.165, 1.54) is 0 Å². The maximum absolute atomic E-state index is 11.9. The maximum Gasteiger partial charge on any atom is 0.574 e. The number of ether oxygens (including phenoxy) is 2. The topological polar surface area (TPSA) is 77.3 Å². The number of nitrogens with two attached hydrogens (primary N) is 1. The van der Waals surface area contributed by atoms with Crippen molar-refractivity contribution in [3.05, 3.63) is 22.0 Å². The molecule has 0 aliphatic carbocycles. The molecule has 8 heteroatoms. The van der Waals surface area contributed by atoms with Crippen molar-refractivity contribution in [1.29, 1.82) is 0 Å². The van der Waals surface area contributed by atoms with Crippen LogP contribution in [-0.2, 0) is 6.54 Å². The fourth-order valence-electron chi connectivity index (χ4n) is 1.03. The first kappa shape index (κ1) is 12.4. The van der Waals surface area contributed by atoms with Crippen molar-refractivity contribution >= 4 is 0 Å². The predicted molar refractivity (Wildman–Crippen MR) is 48.2 cm³/mol. The van der Waals surface area contributed by atoms with Crippen molar-refractivity contribution in [3.63, 3.8) is 0 Å². The van der Waals surface area contributed by atoms with Crippen molar-refractivity contribution in [2.24, 2.45) is 5.73 Å². The van der Waals surface area contributed by atoms with Crippen LogP contribution >= 0.6 is 0 Å². The molecule has 5 nitrogen and oxygen atoms in total. The van der Waals surface area contributed by atoms with Gasteiger partial charge in [-0.25, -0.2) is 0 Å². The number of rotatable bonds is 3. The zero-order chi connectivity index (χ0) is 12.3. The van der Waals surface area contributed by atoms with Crippen LogP contribution in [0.1, 0.15) is 5.56 Å². The second-order valence-electron chi connectivity index (χ2n) is 2.77. The summed E-state index contributed by atoms with van der Waals surface area (Å²) in [6.07, 6.45) is -4.90. The lowest BCUT2D eigenvalue weighted by molar-refractivity contribution is -0.276. The molecule has 0 aromatic carbocycles. The molecule has 16 heavy (non-hydrogen) atoms. The standard InChI is InChI=1S/C8H9F3N2O3/c1-15-5-2-4(3-12)6(14)13-7(5)16-8(9,10)11/h2H,3,12H2,1H3,(H,13,14). The van der Waals surface area contributed by atoms with Gasteiger partial charge in [-0.05, 0) is 6.07 Å². The molecule has 0 unspecified atom stereocenters. The molecule has 0 amide bonds. The van der Waals surface area contributed by atoms with E-state index in [0.29, 0.717) is 0 Å². The van der Waals surface area contributed by atoms with Crippen LogP contribution in [0.15, 0.2) is 10.9 Å². The molecule has 0 saturated heterocycles. The van der Waals surface area contributed by atoms with Gasteiger partial charge in [0.1, 0.15) is 0 Å². The summed E-state index contributed by atoms with van der Waals surface area (Å²) in [5.74, 6) is -1.03. The Morgan fingerprint density at radius 2 is 2.12 bits per heavy atom. The first-order chi connectivity index (χ1) is 7.37. The van der Waals surface area contributed by atoms with Gasteiger partial charge < -0.3 is 15.2 Å². The van der Waals surface area contributed by atoms with Gasteiger partial charge in [0.25, 0.3) is 5.56 Å². The molecule has 90 valence electrons. The van der Waals surface area contributed by atoms with Gasteiger partial charge >= 0.3 is 6.36 Å². The van der Waals surface area contributed by atoms with Crippen LogP contribution in [0.5, 0.6) is 11.6 Å². The predicted octanol–water partition coefficient (Wildman–Crippen LogP) is 0.741. The molecule has 1 heterocycles. The van der Waals surface area contributed by atoms with Crippen LogP contribution in [0.25, 0.3) is 0 Å². The van der Waals surface area contributed by atoms with E-state index >= 15 is 0 Å². The largest absolute Gasteiger partial charge is 0.574 e. The molecule has 0 fully saturated rings. The van der Waals surface area contributed by atoms with Crippen LogP contribution in [0.2, 0.25) is 0 Å². The van der Waals surface area contributed by atoms with Crippen molar-refractivity contribution < 1.29 is 22.6 Å². The summed E-state index contributed by atoms with van der Waals surface area (Å²) < 4.78 is 44.1. The van der Waals surface area contributed by atoms with Gasteiger partial charge in [0, 0.05) is 12.1 Å². The number of pyridine rings is 1. The van der Waals surface area contributed by atoms with Crippen LogP contribution < -0.4 is 20.8 Å². The number of aromatic amines is 1. The van der Waals surface area contributed by atoms with Crippen LogP contribution in [0.4, 0.5) is 13.2 Å². The molecule has 0 atom stereocenters. The fourth-order valence-corrected chi connectivity index (χ4v) is 1.03. The molecular weight excluding hydrogens is 229 g/mol. The van der Waals surface area contributed by atoms with Gasteiger partial charge in [-0.3, -0.25) is 9.78 Å². The molecule has 0 radical (unpaired) electrons. The summed E-state index contributed by atoms with van der Waals surface area (Å²) in [6, 6.07) is 1.10. The van der Waals surface area contributed by atoms with Gasteiger partial charge in [0.15, 0.2) is 5.75 Å². The number of hydrogen-bond donors (Lipinski definition) is 2. The number of hydrogen-bond acceptors (Lipinski definition) is 4. The number of aromatic nitrogens is 1. The summed E-state index contributed by atoms with van der Waals surface area (Å²) in [5, 5.41) is 0. The normalized spacial score (nSPS) is 11.3. The minimum absolute atomic E-state index is 0.103. The molecule has 1 rings (SSSR count). The first-order valence-corrected chi connectivity index (χ1v) is 4.13. The molecule has 0 bridgehead atoms. The van der Waals surface area contributed by atoms with E-state index in [-0.39, 0.29) is 17.9 Å². The van der Waals surface area contributed by atoms with Gasteiger partial charge in [-0.15, -0.1) is 13.2 Å². The van der Waals surface area contributed by atoms with Gasteiger partial charge in [-0.2, -0.15) is 0 Å². The average molecular weight is 238 g/mol. The third kappa shape index (κ3) is 2.89. The molecule has 0 aliphatic rings. The Hall–Kier alpha value is -1.70. The minimum atomic E-state index is -4.90. The fraction of sp³-hybridized carbons (Fsp3) is 0.375. The van der Waals surface area contributed by atoms with E-state index < -0.39 is 17.8 Å². The smallest absolute Gasteiger partial charge is 0.491 e. The molecule has 0 aliphatic heterocycles. The molecule has 1 aromatic heterocycles. The lowest BCUT2D eigenvalue weighted by Gasteiger charge is -2.12. The summed E-state index contributed by atoms with van der Waals surface area (Å²) in [4.78, 5) is 13.1. The Labute approximate surface area is 88.0 Å². The second kappa shape index (κ2) is 4.44. The molecule has 0 saturated carbocycles. The highest BCUT2D eigenvalue weighted by molar-refractivity contribution is 5.36. The highest BCUT2D eigenvalue weighted by atomic mass is 19.4. The SMILES string of the molecule is COc1cc(CN)c(=O)[nH]c1OC(F)(F)F. The zero-order valence-corrected chi connectivity index (χ0v) is 8.22. The van der Waals surface area contributed by atoms with E-state index in [1.807, 2.05) is 4.98 Å². The van der Waals surface area contributed by atoms with Crippen LogP contribution in [0.3, 0.4) is 0 Å². The molecule has 1 aromatic rings. The molecule has 0 spiro atoms. The number of nitrogens with one attached hydrogen (secondary N) is 1. The lowest BCUT2D eigenvalue weighted by Crippen LogP contribution is -2.23. The van der Waals surface area contributed by atoms with Crippen molar-refractivity contribution in [3.8, 4) is 11.6 Å². The summed E-state index contributed by atoms with van der Waals surface area (Å²) >= 11 is 0. The summed E-state index contributed by atoms with van der Waals surface area (Å²) in [6.45, 7) is -0.113. The Morgan fingerprint density at radius 3 is 2.56 bits per heavy atom. The monoisotopic (exact) mass is 238 g/mol. The van der Waals surface area contributed by atoms with Crippen molar-refractivity contribution in [2.45, 2.75) is 12.9 Å². The number of H-pyrrole nitrogens is 1. The second-order valence-corrected chi connectivity index (χ2v) is 2.77. The lowest BCUT2D eigenvalue weighted by atomic mass is 10.2. The number of alkyl halides is 3. The van der Waals surface area contributed by atoms with E-state index in [2.05, 4.69) is 9.47 Å². The Bertz CT molecular complexity index is 428.